The van der Waals surface area contributed by atoms with Crippen molar-refractivity contribution in [2.45, 2.75) is 13.3 Å². The van der Waals surface area contributed by atoms with E-state index in [0.717, 1.165) is 45.2 Å². The van der Waals surface area contributed by atoms with Crippen molar-refractivity contribution in [3.63, 3.8) is 0 Å². The Bertz CT molecular complexity index is 951. The number of H-pyrrole nitrogens is 1. The molecule has 0 bridgehead atoms. The van der Waals surface area contributed by atoms with Crippen LogP contribution in [0.4, 0.5) is 0 Å². The first-order chi connectivity index (χ1) is 10.5. The van der Waals surface area contributed by atoms with E-state index in [-0.39, 0.29) is 11.5 Å². The van der Waals surface area contributed by atoms with E-state index in [0.29, 0.717) is 5.75 Å². The van der Waals surface area contributed by atoms with Crippen LogP contribution < -0.4 is 0 Å². The summed E-state index contributed by atoms with van der Waals surface area (Å²) in [6.07, 6.45) is 4.78. The molecule has 0 unspecified atom stereocenters. The lowest BCUT2D eigenvalue weighted by Crippen LogP contribution is -1.88. The molecule has 0 spiro atoms. The minimum absolute atomic E-state index is 0.131. The molecule has 4 N–H and O–H groups in total. The van der Waals surface area contributed by atoms with Crippen molar-refractivity contribution in [2.75, 3.05) is 0 Å². The zero-order chi connectivity index (χ0) is 15.4. The third-order valence-electron chi connectivity index (χ3n) is 4.31. The molecule has 0 aliphatic heterocycles. The number of phenols is 3. The van der Waals surface area contributed by atoms with E-state index < -0.39 is 0 Å². The predicted molar refractivity (Wildman–Crippen MR) is 85.3 cm³/mol. The Kier molecular flexibility index (Phi) is 2.51. The first-order valence-corrected chi connectivity index (χ1v) is 7.11. The molecule has 0 radical (unpaired) electrons. The molecule has 1 aliphatic carbocycles. The smallest absolute Gasteiger partial charge is 0.159 e. The number of nitrogens with one attached hydrogen (secondary N) is 1. The van der Waals surface area contributed by atoms with Crippen molar-refractivity contribution in [1.29, 1.82) is 0 Å². The summed E-state index contributed by atoms with van der Waals surface area (Å²) in [5, 5.41) is 30.1. The van der Waals surface area contributed by atoms with Gasteiger partial charge < -0.3 is 20.3 Å². The van der Waals surface area contributed by atoms with Gasteiger partial charge in [-0.25, -0.2) is 0 Å². The highest BCUT2D eigenvalue weighted by Gasteiger charge is 2.20. The predicted octanol–water partition coefficient (Wildman–Crippen LogP) is 3.58. The summed E-state index contributed by atoms with van der Waals surface area (Å²) in [6, 6.07) is 6.89. The number of phenolic OH excluding ortho intramolecular Hbond substituents is 3. The van der Waals surface area contributed by atoms with Crippen molar-refractivity contribution in [1.82, 2.24) is 4.98 Å². The van der Waals surface area contributed by atoms with Crippen LogP contribution in [0.3, 0.4) is 0 Å². The van der Waals surface area contributed by atoms with Crippen LogP contribution in [0.1, 0.15) is 22.3 Å². The zero-order valence-electron chi connectivity index (χ0n) is 12.0. The standard InChI is InChI=1S/C18H15NO3/c1-9-4-12-10(5-16(9)20)2-3-11(12)14-8-19-15-7-18(22)17(21)6-13(14)15/h3-8,19-22H,2H2,1H3. The first kappa shape index (κ1) is 12.8. The molecule has 2 aromatic carbocycles. The molecular weight excluding hydrogens is 278 g/mol. The summed E-state index contributed by atoms with van der Waals surface area (Å²) in [7, 11) is 0. The van der Waals surface area contributed by atoms with Gasteiger partial charge >= 0.3 is 0 Å². The SMILES string of the molecule is Cc1cc2c(cc1O)CC=C2c1c[nH]c2cc(O)c(O)cc12. The number of aromatic nitrogens is 1. The Morgan fingerprint density at radius 2 is 1.68 bits per heavy atom. The molecule has 0 saturated carbocycles. The molecule has 1 aliphatic rings. The molecule has 3 aromatic rings. The summed E-state index contributed by atoms with van der Waals surface area (Å²) < 4.78 is 0. The number of allylic oxidation sites excluding steroid dienone is 1. The van der Waals surface area contributed by atoms with Gasteiger partial charge in [-0.05, 0) is 53.8 Å². The number of hydrogen-bond donors (Lipinski definition) is 4. The molecule has 0 amide bonds. The van der Waals surface area contributed by atoms with Crippen LogP contribution in [0.15, 0.2) is 36.5 Å². The number of hydrogen-bond acceptors (Lipinski definition) is 3. The quantitative estimate of drug-likeness (QED) is 0.518. The van der Waals surface area contributed by atoms with Crippen LogP contribution in [0.2, 0.25) is 0 Å². The Balaban J connectivity index is 1.92. The molecule has 4 rings (SSSR count). The molecule has 22 heavy (non-hydrogen) atoms. The van der Waals surface area contributed by atoms with E-state index in [2.05, 4.69) is 11.1 Å². The van der Waals surface area contributed by atoms with E-state index in [1.54, 1.807) is 6.07 Å². The average molecular weight is 293 g/mol. The minimum atomic E-state index is -0.137. The molecule has 0 atom stereocenters. The van der Waals surface area contributed by atoms with Gasteiger partial charge in [0.1, 0.15) is 5.75 Å². The maximum atomic E-state index is 9.85. The average Bonchev–Trinajstić information content (AvgIpc) is 3.04. The van der Waals surface area contributed by atoms with E-state index in [4.69, 9.17) is 0 Å². The number of rotatable bonds is 1. The fourth-order valence-corrected chi connectivity index (χ4v) is 3.11. The third kappa shape index (κ3) is 1.70. The Morgan fingerprint density at radius 3 is 2.50 bits per heavy atom. The topological polar surface area (TPSA) is 76.5 Å². The second-order valence-corrected chi connectivity index (χ2v) is 5.71. The summed E-state index contributed by atoms with van der Waals surface area (Å²) in [5.74, 6) is 0.0476. The van der Waals surface area contributed by atoms with Crippen molar-refractivity contribution >= 4 is 16.5 Å². The highest BCUT2D eigenvalue weighted by molar-refractivity contribution is 6.00. The molecule has 110 valence electrons. The highest BCUT2D eigenvalue weighted by atomic mass is 16.3. The number of aryl methyl sites for hydroxylation is 1. The van der Waals surface area contributed by atoms with Crippen LogP contribution in [0.5, 0.6) is 17.2 Å². The lowest BCUT2D eigenvalue weighted by Gasteiger charge is -2.08. The van der Waals surface area contributed by atoms with Gasteiger partial charge in [-0.2, -0.15) is 0 Å². The second kappa shape index (κ2) is 4.31. The summed E-state index contributed by atoms with van der Waals surface area (Å²) in [5.41, 5.74) is 5.87. The molecule has 0 saturated heterocycles. The van der Waals surface area contributed by atoms with E-state index in [1.807, 2.05) is 25.3 Å². The molecule has 1 aromatic heterocycles. The van der Waals surface area contributed by atoms with E-state index >= 15 is 0 Å². The monoisotopic (exact) mass is 293 g/mol. The van der Waals surface area contributed by atoms with Gasteiger partial charge in [-0.1, -0.05) is 6.08 Å². The zero-order valence-corrected chi connectivity index (χ0v) is 12.0. The third-order valence-corrected chi connectivity index (χ3v) is 4.31. The number of benzene rings is 2. The minimum Gasteiger partial charge on any atom is -0.508 e. The molecule has 4 heteroatoms. The Hall–Kier alpha value is -2.88. The summed E-state index contributed by atoms with van der Waals surface area (Å²) in [6.45, 7) is 1.88. The number of aromatic amines is 1. The van der Waals surface area contributed by atoms with Gasteiger partial charge in [-0.3, -0.25) is 0 Å². The van der Waals surface area contributed by atoms with E-state index in [1.165, 1.54) is 6.07 Å². The maximum absolute atomic E-state index is 9.85. The fourth-order valence-electron chi connectivity index (χ4n) is 3.11. The number of fused-ring (bicyclic) bond motifs is 2. The second-order valence-electron chi connectivity index (χ2n) is 5.71. The van der Waals surface area contributed by atoms with Crippen molar-refractivity contribution in [3.05, 3.63) is 58.8 Å². The van der Waals surface area contributed by atoms with Gasteiger partial charge in [0.2, 0.25) is 0 Å². The normalized spacial score (nSPS) is 13.4. The molecular formula is C18H15NO3. The number of aromatic hydroxyl groups is 3. The van der Waals surface area contributed by atoms with Gasteiger partial charge in [0.25, 0.3) is 0 Å². The molecule has 4 nitrogen and oxygen atoms in total. The molecule has 1 heterocycles. The van der Waals surface area contributed by atoms with Gasteiger partial charge in [0, 0.05) is 28.7 Å². The van der Waals surface area contributed by atoms with Crippen LogP contribution in [0.25, 0.3) is 16.5 Å². The van der Waals surface area contributed by atoms with Gasteiger partial charge in [-0.15, -0.1) is 0 Å². The van der Waals surface area contributed by atoms with Crippen LogP contribution >= 0.6 is 0 Å². The Labute approximate surface area is 127 Å². The molecule has 0 fully saturated rings. The highest BCUT2D eigenvalue weighted by Crippen LogP contribution is 2.40. The lowest BCUT2D eigenvalue weighted by atomic mass is 9.96. The maximum Gasteiger partial charge on any atom is 0.159 e. The first-order valence-electron chi connectivity index (χ1n) is 7.11. The summed E-state index contributed by atoms with van der Waals surface area (Å²) >= 11 is 0. The van der Waals surface area contributed by atoms with Crippen LogP contribution in [0, 0.1) is 6.92 Å². The van der Waals surface area contributed by atoms with E-state index in [9.17, 15) is 15.3 Å². The Morgan fingerprint density at radius 1 is 0.909 bits per heavy atom. The largest absolute Gasteiger partial charge is 0.508 e. The van der Waals surface area contributed by atoms with Crippen LogP contribution in [-0.2, 0) is 6.42 Å². The van der Waals surface area contributed by atoms with Crippen LogP contribution in [-0.4, -0.2) is 20.3 Å². The van der Waals surface area contributed by atoms with Crippen molar-refractivity contribution in [3.8, 4) is 17.2 Å². The van der Waals surface area contributed by atoms with Crippen molar-refractivity contribution < 1.29 is 15.3 Å². The van der Waals surface area contributed by atoms with Gasteiger partial charge in [0.15, 0.2) is 11.5 Å². The summed E-state index contributed by atoms with van der Waals surface area (Å²) in [4.78, 5) is 3.13. The lowest BCUT2D eigenvalue weighted by molar-refractivity contribution is 0.405. The fraction of sp³-hybridized carbons (Fsp3) is 0.111. The van der Waals surface area contributed by atoms with Gasteiger partial charge in [0.05, 0.1) is 0 Å². The van der Waals surface area contributed by atoms with Crippen molar-refractivity contribution in [2.24, 2.45) is 0 Å².